The molecule has 1 unspecified atom stereocenters. The molecule has 0 spiro atoms. The average Bonchev–Trinajstić information content (AvgIpc) is 3.64. The van der Waals surface area contributed by atoms with Crippen molar-refractivity contribution in [2.45, 2.75) is 40.0 Å². The van der Waals surface area contributed by atoms with Gasteiger partial charge in [0, 0.05) is 42.8 Å². The van der Waals surface area contributed by atoms with Crippen molar-refractivity contribution in [1.82, 2.24) is 14.5 Å². The Morgan fingerprint density at radius 3 is 2.35 bits per heavy atom. The molecule has 0 fully saturated rings. The zero-order valence-corrected chi connectivity index (χ0v) is 29.3. The molecule has 49 heavy (non-hydrogen) atoms. The maximum absolute atomic E-state index is 5.37. The van der Waals surface area contributed by atoms with Gasteiger partial charge in [-0.1, -0.05) is 129 Å². The summed E-state index contributed by atoms with van der Waals surface area (Å²) in [6, 6.07) is 31.1. The van der Waals surface area contributed by atoms with E-state index < -0.39 is 0 Å². The van der Waals surface area contributed by atoms with Crippen molar-refractivity contribution in [3.8, 4) is 16.9 Å². The standard InChI is InChI=1S/C45H37N3S/c1-27-17-18-28(2)21-22-31(25-29(3)20-19-27)43-46-37-15-8-6-11-32(37)41(47-43)30-23-24-38-36(26-30)45(4,5)35-14-10-13-34-40-33-12-7-9-16-39(33)49-44(40)48(38)42(34)35/h6-27H,1-5H3/b18-17?,20-19-,28-21?,29-25+,31-22+. The van der Waals surface area contributed by atoms with Crippen molar-refractivity contribution in [2.75, 3.05) is 0 Å². The first-order chi connectivity index (χ1) is 23.8. The Hall–Kier alpha value is -5.32. The van der Waals surface area contributed by atoms with E-state index in [9.17, 15) is 0 Å². The summed E-state index contributed by atoms with van der Waals surface area (Å²) in [4.78, 5) is 11.8. The summed E-state index contributed by atoms with van der Waals surface area (Å²) in [7, 11) is 0. The van der Waals surface area contributed by atoms with E-state index in [0.29, 0.717) is 5.92 Å². The van der Waals surface area contributed by atoms with Crippen LogP contribution in [0.25, 0.3) is 64.6 Å². The molecular formula is C45H37N3S. The molecular weight excluding hydrogens is 615 g/mol. The van der Waals surface area contributed by atoms with Gasteiger partial charge < -0.3 is 4.57 Å². The highest BCUT2D eigenvalue weighted by atomic mass is 32.1. The van der Waals surface area contributed by atoms with Gasteiger partial charge in [-0.05, 0) is 61.2 Å². The summed E-state index contributed by atoms with van der Waals surface area (Å²) in [5, 5.41) is 5.08. The summed E-state index contributed by atoms with van der Waals surface area (Å²) in [6.07, 6.45) is 15.4. The maximum Gasteiger partial charge on any atom is 0.160 e. The van der Waals surface area contributed by atoms with Gasteiger partial charge in [0.15, 0.2) is 5.82 Å². The van der Waals surface area contributed by atoms with E-state index in [1.807, 2.05) is 11.3 Å². The monoisotopic (exact) mass is 651 g/mol. The minimum absolute atomic E-state index is 0.209. The second kappa shape index (κ2) is 11.1. The lowest BCUT2D eigenvalue weighted by Gasteiger charge is -2.35. The van der Waals surface area contributed by atoms with E-state index in [-0.39, 0.29) is 5.41 Å². The van der Waals surface area contributed by atoms with Crippen molar-refractivity contribution in [3.63, 3.8) is 0 Å². The molecule has 4 heterocycles. The first-order valence-electron chi connectivity index (χ1n) is 17.1. The second-order valence-corrected chi connectivity index (χ2v) is 15.1. The Morgan fingerprint density at radius 1 is 0.735 bits per heavy atom. The van der Waals surface area contributed by atoms with Crippen LogP contribution in [0.2, 0.25) is 0 Å². The molecule has 3 aromatic heterocycles. The molecule has 4 aromatic carbocycles. The molecule has 0 N–H and O–H groups in total. The van der Waals surface area contributed by atoms with Crippen LogP contribution in [0.3, 0.4) is 0 Å². The largest absolute Gasteiger partial charge is 0.300 e. The molecule has 0 saturated heterocycles. The molecule has 0 radical (unpaired) electrons. The van der Waals surface area contributed by atoms with Crippen LogP contribution in [-0.2, 0) is 5.41 Å². The fraction of sp³-hybridized carbons (Fsp3) is 0.156. The van der Waals surface area contributed by atoms with Gasteiger partial charge in [-0.2, -0.15) is 0 Å². The van der Waals surface area contributed by atoms with Gasteiger partial charge in [0.05, 0.1) is 22.4 Å². The third kappa shape index (κ3) is 4.69. The third-order valence-electron chi connectivity index (χ3n) is 10.3. The number of para-hydroxylation sites is 2. The third-order valence-corrected chi connectivity index (χ3v) is 11.4. The predicted octanol–water partition coefficient (Wildman–Crippen LogP) is 12.3. The number of benzene rings is 4. The van der Waals surface area contributed by atoms with Gasteiger partial charge in [0.1, 0.15) is 4.83 Å². The van der Waals surface area contributed by atoms with Crippen LogP contribution < -0.4 is 0 Å². The number of allylic oxidation sites excluding steroid dienone is 10. The lowest BCUT2D eigenvalue weighted by atomic mass is 9.74. The SMILES string of the molecule is CC1=C\C=C(c2nc(-c3ccc4c(c3)C(C)(C)c3cccc5c6c7ccccc7sc6n-4c35)c3ccccc3n2)/C=C(C)/C=C\C(C)C=C1. The Morgan fingerprint density at radius 2 is 1.49 bits per heavy atom. The highest BCUT2D eigenvalue weighted by Crippen LogP contribution is 2.51. The number of hydrogen-bond acceptors (Lipinski definition) is 3. The van der Waals surface area contributed by atoms with Crippen LogP contribution >= 0.6 is 11.3 Å². The van der Waals surface area contributed by atoms with Gasteiger partial charge in [0.2, 0.25) is 0 Å². The maximum atomic E-state index is 5.37. The second-order valence-electron chi connectivity index (χ2n) is 14.1. The van der Waals surface area contributed by atoms with E-state index in [4.69, 9.17) is 9.97 Å². The minimum atomic E-state index is -0.209. The quantitative estimate of drug-likeness (QED) is 0.186. The number of hydrogen-bond donors (Lipinski definition) is 0. The van der Waals surface area contributed by atoms with Crippen LogP contribution in [0.5, 0.6) is 0 Å². The smallest absolute Gasteiger partial charge is 0.160 e. The summed E-state index contributed by atoms with van der Waals surface area (Å²) in [5.74, 6) is 1.08. The Labute approximate surface area is 291 Å². The first kappa shape index (κ1) is 29.8. The molecule has 3 nitrogen and oxygen atoms in total. The van der Waals surface area contributed by atoms with Crippen molar-refractivity contribution in [1.29, 1.82) is 0 Å². The fourth-order valence-electron chi connectivity index (χ4n) is 7.65. The van der Waals surface area contributed by atoms with Crippen LogP contribution in [0, 0.1) is 5.92 Å². The van der Waals surface area contributed by atoms with E-state index in [0.717, 1.165) is 39.1 Å². The molecule has 1 aliphatic carbocycles. The van der Waals surface area contributed by atoms with Crippen molar-refractivity contribution in [2.24, 2.45) is 5.92 Å². The minimum Gasteiger partial charge on any atom is -0.300 e. The van der Waals surface area contributed by atoms with Crippen LogP contribution in [0.1, 0.15) is 51.6 Å². The molecule has 1 atom stereocenters. The van der Waals surface area contributed by atoms with Gasteiger partial charge in [0.25, 0.3) is 0 Å². The zero-order valence-electron chi connectivity index (χ0n) is 28.5. The number of rotatable bonds is 2. The molecule has 238 valence electrons. The van der Waals surface area contributed by atoms with Crippen molar-refractivity contribution < 1.29 is 0 Å². The number of thiophene rings is 1. The van der Waals surface area contributed by atoms with Gasteiger partial charge >= 0.3 is 0 Å². The predicted molar refractivity (Wildman–Crippen MR) is 210 cm³/mol. The summed E-state index contributed by atoms with van der Waals surface area (Å²) < 4.78 is 3.85. The molecule has 9 rings (SSSR count). The summed E-state index contributed by atoms with van der Waals surface area (Å²) in [5.41, 5.74) is 11.4. The van der Waals surface area contributed by atoms with Crippen molar-refractivity contribution in [3.05, 3.63) is 156 Å². The molecule has 0 amide bonds. The van der Waals surface area contributed by atoms with E-state index >= 15 is 0 Å². The van der Waals surface area contributed by atoms with E-state index in [2.05, 4.69) is 167 Å². The Kier molecular flexibility index (Phi) is 6.76. The number of aromatic nitrogens is 3. The molecule has 7 aromatic rings. The summed E-state index contributed by atoms with van der Waals surface area (Å²) >= 11 is 1.89. The molecule has 1 aliphatic heterocycles. The van der Waals surface area contributed by atoms with Gasteiger partial charge in [-0.25, -0.2) is 9.97 Å². The molecule has 0 saturated carbocycles. The van der Waals surface area contributed by atoms with E-state index in [1.54, 1.807) is 0 Å². The van der Waals surface area contributed by atoms with Gasteiger partial charge in [-0.15, -0.1) is 11.3 Å². The highest BCUT2D eigenvalue weighted by Gasteiger charge is 2.36. The number of fused-ring (bicyclic) bond motifs is 8. The molecule has 4 heteroatoms. The van der Waals surface area contributed by atoms with E-state index in [1.165, 1.54) is 53.6 Å². The number of nitrogens with zero attached hydrogens (tertiary/aromatic N) is 3. The first-order valence-corrected chi connectivity index (χ1v) is 17.9. The van der Waals surface area contributed by atoms with Crippen molar-refractivity contribution >= 4 is 59.0 Å². The van der Waals surface area contributed by atoms with Gasteiger partial charge in [-0.3, -0.25) is 0 Å². The van der Waals surface area contributed by atoms with Crippen LogP contribution in [0.15, 0.2) is 139 Å². The highest BCUT2D eigenvalue weighted by molar-refractivity contribution is 7.25. The average molecular weight is 652 g/mol. The fourth-order valence-corrected chi connectivity index (χ4v) is 8.89. The van der Waals surface area contributed by atoms with Crippen LogP contribution in [0.4, 0.5) is 0 Å². The lowest BCUT2D eigenvalue weighted by molar-refractivity contribution is 0.630. The Balaban J connectivity index is 1.28. The summed E-state index contributed by atoms with van der Waals surface area (Å²) in [6.45, 7) is 11.2. The Bertz CT molecular complexity index is 2670. The lowest BCUT2D eigenvalue weighted by Crippen LogP contribution is -2.26. The topological polar surface area (TPSA) is 30.7 Å². The zero-order chi connectivity index (χ0) is 33.4. The normalized spacial score (nSPS) is 20.0. The molecule has 2 aliphatic rings. The van der Waals surface area contributed by atoms with Crippen LogP contribution in [-0.4, -0.2) is 14.5 Å². The molecule has 0 bridgehead atoms.